The van der Waals surface area contributed by atoms with Crippen molar-refractivity contribution in [2.45, 2.75) is 13.5 Å². The van der Waals surface area contributed by atoms with E-state index in [1.165, 1.54) is 5.69 Å². The lowest BCUT2D eigenvalue weighted by Crippen LogP contribution is -2.52. The van der Waals surface area contributed by atoms with Crippen LogP contribution < -0.4 is 25.0 Å². The number of methoxy groups -OCH3 is 2. The van der Waals surface area contributed by atoms with Gasteiger partial charge in [0.25, 0.3) is 0 Å². The minimum Gasteiger partial charge on any atom is -0.493 e. The summed E-state index contributed by atoms with van der Waals surface area (Å²) in [6, 6.07) is 16.0. The number of hydrogen-bond donors (Lipinski definition) is 2. The van der Waals surface area contributed by atoms with Crippen LogP contribution in [0.5, 0.6) is 11.5 Å². The zero-order valence-electron chi connectivity index (χ0n) is 19.5. The van der Waals surface area contributed by atoms with Gasteiger partial charge in [-0.3, -0.25) is 4.79 Å². The lowest BCUT2D eigenvalue weighted by molar-refractivity contribution is -0.130. The summed E-state index contributed by atoms with van der Waals surface area (Å²) < 4.78 is 10.6. The van der Waals surface area contributed by atoms with E-state index in [1.54, 1.807) is 14.2 Å². The van der Waals surface area contributed by atoms with Gasteiger partial charge in [0.15, 0.2) is 17.5 Å². The van der Waals surface area contributed by atoms with Gasteiger partial charge in [-0.05, 0) is 36.8 Å². The molecule has 2 aromatic carbocycles. The largest absolute Gasteiger partial charge is 0.493 e. The molecule has 9 heteroatoms. The summed E-state index contributed by atoms with van der Waals surface area (Å²) in [5.74, 6) is 2.04. The number of guanidine groups is 1. The quantitative estimate of drug-likeness (QED) is 0.290. The van der Waals surface area contributed by atoms with Crippen molar-refractivity contribution in [2.24, 2.45) is 4.99 Å². The Morgan fingerprint density at radius 2 is 1.67 bits per heavy atom. The van der Waals surface area contributed by atoms with E-state index >= 15 is 0 Å². The van der Waals surface area contributed by atoms with Crippen molar-refractivity contribution in [1.82, 2.24) is 15.5 Å². The predicted octanol–water partition coefficient (Wildman–Crippen LogP) is 2.73. The monoisotopic (exact) mass is 567 g/mol. The number of hydrogen-bond acceptors (Lipinski definition) is 5. The second-order valence-electron chi connectivity index (χ2n) is 7.44. The number of piperazine rings is 1. The first-order valence-electron chi connectivity index (χ1n) is 11.0. The van der Waals surface area contributed by atoms with Crippen LogP contribution >= 0.6 is 24.0 Å². The fourth-order valence-electron chi connectivity index (χ4n) is 3.62. The molecule has 180 valence electrons. The van der Waals surface area contributed by atoms with Gasteiger partial charge in [-0.25, -0.2) is 4.99 Å². The van der Waals surface area contributed by atoms with Gasteiger partial charge in [0, 0.05) is 38.4 Å². The highest BCUT2D eigenvalue weighted by atomic mass is 127. The number of carbonyl (C=O) groups is 1. The van der Waals surface area contributed by atoms with E-state index in [2.05, 4.69) is 32.7 Å². The summed E-state index contributed by atoms with van der Waals surface area (Å²) >= 11 is 0. The third kappa shape index (κ3) is 7.69. The van der Waals surface area contributed by atoms with Crippen molar-refractivity contribution in [2.75, 3.05) is 58.4 Å². The van der Waals surface area contributed by atoms with E-state index in [9.17, 15) is 4.79 Å². The lowest BCUT2D eigenvalue weighted by atomic mass is 10.2. The molecule has 1 amide bonds. The summed E-state index contributed by atoms with van der Waals surface area (Å²) in [5.41, 5.74) is 2.19. The fourth-order valence-corrected chi connectivity index (χ4v) is 3.62. The molecule has 0 aliphatic carbocycles. The summed E-state index contributed by atoms with van der Waals surface area (Å²) in [7, 11) is 3.23. The average Bonchev–Trinajstić information content (AvgIpc) is 2.86. The van der Waals surface area contributed by atoms with Gasteiger partial charge in [0.2, 0.25) is 5.91 Å². The van der Waals surface area contributed by atoms with Gasteiger partial charge in [0.05, 0.1) is 27.3 Å². The first-order valence-corrected chi connectivity index (χ1v) is 11.0. The van der Waals surface area contributed by atoms with Crippen LogP contribution in [0.1, 0.15) is 12.5 Å². The maximum atomic E-state index is 12.7. The average molecular weight is 567 g/mol. The molecule has 0 saturated carbocycles. The Labute approximate surface area is 213 Å². The molecule has 3 rings (SSSR count). The lowest BCUT2D eigenvalue weighted by Gasteiger charge is -2.36. The number of ether oxygens (including phenoxy) is 2. The number of aliphatic imine (C=N–C) groups is 1. The first kappa shape index (κ1) is 26.6. The normalized spacial score (nSPS) is 13.7. The van der Waals surface area contributed by atoms with Crippen molar-refractivity contribution >= 4 is 41.5 Å². The number of rotatable bonds is 8. The molecule has 0 aromatic heterocycles. The van der Waals surface area contributed by atoms with Crippen molar-refractivity contribution in [3.8, 4) is 11.5 Å². The van der Waals surface area contributed by atoms with Gasteiger partial charge >= 0.3 is 0 Å². The maximum Gasteiger partial charge on any atom is 0.242 e. The summed E-state index contributed by atoms with van der Waals surface area (Å²) in [5, 5.41) is 6.36. The molecule has 8 nitrogen and oxygen atoms in total. The zero-order valence-corrected chi connectivity index (χ0v) is 21.9. The van der Waals surface area contributed by atoms with Crippen molar-refractivity contribution in [3.05, 3.63) is 54.1 Å². The van der Waals surface area contributed by atoms with Crippen molar-refractivity contribution in [1.29, 1.82) is 0 Å². The minimum atomic E-state index is 0. The Morgan fingerprint density at radius 1 is 0.970 bits per heavy atom. The number of carbonyl (C=O) groups excluding carboxylic acids is 1. The number of halogens is 1. The minimum absolute atomic E-state index is 0. The number of para-hydroxylation sites is 1. The predicted molar refractivity (Wildman–Crippen MR) is 143 cm³/mol. The molecule has 1 aliphatic rings. The molecule has 2 N–H and O–H groups in total. The van der Waals surface area contributed by atoms with Crippen LogP contribution in [0, 0.1) is 0 Å². The molecule has 1 heterocycles. The van der Waals surface area contributed by atoms with E-state index in [1.807, 2.05) is 48.2 Å². The fraction of sp³-hybridized carbons (Fsp3) is 0.417. The summed E-state index contributed by atoms with van der Waals surface area (Å²) in [6.07, 6.45) is 0. The molecule has 0 spiro atoms. The number of amides is 1. The number of nitrogens with one attached hydrogen (secondary N) is 2. The van der Waals surface area contributed by atoms with Gasteiger partial charge in [-0.2, -0.15) is 0 Å². The smallest absolute Gasteiger partial charge is 0.242 e. The molecule has 1 saturated heterocycles. The highest BCUT2D eigenvalue weighted by molar-refractivity contribution is 14.0. The molecule has 0 radical (unpaired) electrons. The van der Waals surface area contributed by atoms with Crippen LogP contribution in [0.3, 0.4) is 0 Å². The van der Waals surface area contributed by atoms with Gasteiger partial charge in [-0.1, -0.05) is 24.3 Å². The Bertz CT molecular complexity index is 902. The van der Waals surface area contributed by atoms with Gasteiger partial charge in [-0.15, -0.1) is 24.0 Å². The van der Waals surface area contributed by atoms with Crippen LogP contribution in [0.25, 0.3) is 0 Å². The maximum absolute atomic E-state index is 12.7. The molecule has 1 aliphatic heterocycles. The van der Waals surface area contributed by atoms with Crippen molar-refractivity contribution in [3.63, 3.8) is 0 Å². The molecule has 0 atom stereocenters. The van der Waals surface area contributed by atoms with Gasteiger partial charge < -0.3 is 29.9 Å². The van der Waals surface area contributed by atoms with E-state index in [0.717, 1.165) is 18.7 Å². The number of benzene rings is 2. The molecule has 1 fully saturated rings. The summed E-state index contributed by atoms with van der Waals surface area (Å²) in [4.78, 5) is 21.5. The Balaban J connectivity index is 0.00000385. The Hall–Kier alpha value is -2.69. The molecule has 33 heavy (non-hydrogen) atoms. The van der Waals surface area contributed by atoms with E-state index in [4.69, 9.17) is 9.47 Å². The van der Waals surface area contributed by atoms with Crippen LogP contribution in [0.4, 0.5) is 5.69 Å². The molecule has 0 unspecified atom stereocenters. The number of nitrogens with zero attached hydrogens (tertiary/aromatic N) is 3. The molecular weight excluding hydrogens is 533 g/mol. The zero-order chi connectivity index (χ0) is 22.8. The van der Waals surface area contributed by atoms with Crippen LogP contribution in [0.15, 0.2) is 53.5 Å². The second kappa shape index (κ2) is 13.8. The first-order chi connectivity index (χ1) is 15.6. The standard InChI is InChI=1S/C24H33N5O3.HI/c1-4-25-24(26-17-19-10-11-21(31-2)22(16-19)32-3)27-18-23(30)29-14-12-28(13-15-29)20-8-6-5-7-9-20;/h5-11,16H,4,12-15,17-18H2,1-3H3,(H2,25,26,27);1H. The highest BCUT2D eigenvalue weighted by Gasteiger charge is 2.21. The van der Waals surface area contributed by atoms with Crippen molar-refractivity contribution < 1.29 is 14.3 Å². The number of anilines is 1. The molecule has 0 bridgehead atoms. The van der Waals surface area contributed by atoms with E-state index < -0.39 is 0 Å². The van der Waals surface area contributed by atoms with Crippen LogP contribution in [-0.2, 0) is 11.3 Å². The second-order valence-corrected chi connectivity index (χ2v) is 7.44. The Morgan fingerprint density at radius 3 is 2.30 bits per heavy atom. The highest BCUT2D eigenvalue weighted by Crippen LogP contribution is 2.27. The van der Waals surface area contributed by atoms with Crippen LogP contribution in [-0.4, -0.2) is 70.3 Å². The topological polar surface area (TPSA) is 78.4 Å². The third-order valence-corrected chi connectivity index (χ3v) is 5.37. The van der Waals surface area contributed by atoms with Crippen LogP contribution in [0.2, 0.25) is 0 Å². The Kier molecular flexibility index (Phi) is 11.1. The van der Waals surface area contributed by atoms with E-state index in [0.29, 0.717) is 43.6 Å². The summed E-state index contributed by atoms with van der Waals surface area (Å²) in [6.45, 7) is 6.48. The van der Waals surface area contributed by atoms with Gasteiger partial charge in [0.1, 0.15) is 0 Å². The SMILES string of the molecule is CCNC(=NCc1ccc(OC)c(OC)c1)NCC(=O)N1CCN(c2ccccc2)CC1.I. The van der Waals surface area contributed by atoms with E-state index in [-0.39, 0.29) is 36.4 Å². The third-order valence-electron chi connectivity index (χ3n) is 5.37. The molecule has 2 aromatic rings. The molecular formula is C24H34IN5O3.